The Labute approximate surface area is 120 Å². The molecule has 1 saturated heterocycles. The number of aryl methyl sites for hydroxylation is 2. The van der Waals surface area contributed by atoms with E-state index < -0.39 is 6.04 Å². The zero-order chi connectivity index (χ0) is 14.7. The van der Waals surface area contributed by atoms with E-state index in [1.165, 1.54) is 16.7 Å². The first-order valence-corrected chi connectivity index (χ1v) is 7.16. The second-order valence-electron chi connectivity index (χ2n) is 5.60. The number of hydrogen-bond acceptors (Lipinski definition) is 3. The molecular weight excluding hydrogens is 252 g/mol. The molecule has 1 fully saturated rings. The van der Waals surface area contributed by atoms with Gasteiger partial charge in [0.1, 0.15) is 6.04 Å². The van der Waals surface area contributed by atoms with Gasteiger partial charge in [-0.05, 0) is 43.4 Å². The molecule has 1 amide bonds. The fraction of sp³-hybridized carbons (Fsp3) is 0.562. The zero-order valence-electron chi connectivity index (χ0n) is 12.6. The van der Waals surface area contributed by atoms with Crippen molar-refractivity contribution < 1.29 is 9.53 Å². The van der Waals surface area contributed by atoms with E-state index in [0.717, 1.165) is 19.4 Å². The molecule has 1 aliphatic heterocycles. The standard InChI is InChI=1S/C16H24N2O2/c1-11-6-7-13(9-12(11)2)15-5-4-8-18(15)16(19)14(17)10-20-3/h6-7,9,14-15H,4-5,8,10,17H2,1-3H3. The van der Waals surface area contributed by atoms with Crippen LogP contribution in [0.2, 0.25) is 0 Å². The molecule has 1 aromatic rings. The topological polar surface area (TPSA) is 55.6 Å². The molecule has 1 aliphatic rings. The van der Waals surface area contributed by atoms with E-state index in [0.29, 0.717) is 0 Å². The first-order valence-electron chi connectivity index (χ1n) is 7.16. The fourth-order valence-corrected chi connectivity index (χ4v) is 2.81. The molecule has 0 radical (unpaired) electrons. The maximum atomic E-state index is 12.4. The van der Waals surface area contributed by atoms with E-state index in [1.54, 1.807) is 7.11 Å². The van der Waals surface area contributed by atoms with Crippen molar-refractivity contribution in [2.24, 2.45) is 5.73 Å². The number of carbonyl (C=O) groups is 1. The molecule has 1 aromatic carbocycles. The van der Waals surface area contributed by atoms with Crippen molar-refractivity contribution in [1.82, 2.24) is 4.90 Å². The van der Waals surface area contributed by atoms with Crippen molar-refractivity contribution in [1.29, 1.82) is 0 Å². The molecule has 0 aromatic heterocycles. The maximum Gasteiger partial charge on any atom is 0.242 e. The van der Waals surface area contributed by atoms with Crippen LogP contribution < -0.4 is 5.73 Å². The van der Waals surface area contributed by atoms with E-state index in [2.05, 4.69) is 32.0 Å². The lowest BCUT2D eigenvalue weighted by atomic mass is 9.99. The minimum Gasteiger partial charge on any atom is -0.383 e. The molecule has 20 heavy (non-hydrogen) atoms. The molecule has 0 bridgehead atoms. The lowest BCUT2D eigenvalue weighted by Crippen LogP contribution is -2.45. The molecule has 110 valence electrons. The van der Waals surface area contributed by atoms with Crippen molar-refractivity contribution in [3.63, 3.8) is 0 Å². The van der Waals surface area contributed by atoms with Gasteiger partial charge < -0.3 is 15.4 Å². The van der Waals surface area contributed by atoms with E-state index in [1.807, 2.05) is 4.90 Å². The van der Waals surface area contributed by atoms with Gasteiger partial charge in [0, 0.05) is 13.7 Å². The van der Waals surface area contributed by atoms with E-state index in [4.69, 9.17) is 10.5 Å². The highest BCUT2D eigenvalue weighted by Gasteiger charge is 2.32. The van der Waals surface area contributed by atoms with Crippen molar-refractivity contribution in [3.8, 4) is 0 Å². The van der Waals surface area contributed by atoms with Crippen LogP contribution in [0.1, 0.15) is 35.6 Å². The molecular formula is C16H24N2O2. The number of rotatable bonds is 4. The van der Waals surface area contributed by atoms with Gasteiger partial charge in [0.25, 0.3) is 0 Å². The Morgan fingerprint density at radius 1 is 1.45 bits per heavy atom. The van der Waals surface area contributed by atoms with Crippen LogP contribution in [0.4, 0.5) is 0 Å². The summed E-state index contributed by atoms with van der Waals surface area (Å²) in [6, 6.07) is 6.03. The number of carbonyl (C=O) groups excluding carboxylic acids is 1. The number of amides is 1. The third-order valence-electron chi connectivity index (χ3n) is 4.12. The number of hydrogen-bond donors (Lipinski definition) is 1. The third kappa shape index (κ3) is 3.02. The Balaban J connectivity index is 2.18. The van der Waals surface area contributed by atoms with Gasteiger partial charge in [-0.15, -0.1) is 0 Å². The normalized spacial score (nSPS) is 20.2. The van der Waals surface area contributed by atoms with Gasteiger partial charge in [-0.1, -0.05) is 18.2 Å². The SMILES string of the molecule is COCC(N)C(=O)N1CCCC1c1ccc(C)c(C)c1. The Bertz CT molecular complexity index is 487. The number of benzene rings is 1. The van der Waals surface area contributed by atoms with Gasteiger partial charge >= 0.3 is 0 Å². The van der Waals surface area contributed by atoms with Gasteiger partial charge in [-0.2, -0.15) is 0 Å². The molecule has 0 saturated carbocycles. The fourth-order valence-electron chi connectivity index (χ4n) is 2.81. The monoisotopic (exact) mass is 276 g/mol. The van der Waals surface area contributed by atoms with Gasteiger partial charge in [0.2, 0.25) is 5.91 Å². The number of nitrogens with zero attached hydrogens (tertiary/aromatic N) is 1. The van der Waals surface area contributed by atoms with Crippen molar-refractivity contribution in [2.75, 3.05) is 20.3 Å². The quantitative estimate of drug-likeness (QED) is 0.914. The Morgan fingerprint density at radius 3 is 2.85 bits per heavy atom. The first kappa shape index (κ1) is 15.0. The lowest BCUT2D eigenvalue weighted by molar-refractivity contribution is -0.134. The van der Waals surface area contributed by atoms with Crippen LogP contribution >= 0.6 is 0 Å². The predicted molar refractivity (Wildman–Crippen MR) is 79.5 cm³/mol. The highest BCUT2D eigenvalue weighted by atomic mass is 16.5. The van der Waals surface area contributed by atoms with Gasteiger partial charge in [0.05, 0.1) is 12.6 Å². The molecule has 0 spiro atoms. The second-order valence-corrected chi connectivity index (χ2v) is 5.60. The van der Waals surface area contributed by atoms with E-state index in [-0.39, 0.29) is 18.6 Å². The summed E-state index contributed by atoms with van der Waals surface area (Å²) in [6.45, 7) is 5.27. The summed E-state index contributed by atoms with van der Waals surface area (Å²) in [6.07, 6.45) is 2.04. The van der Waals surface area contributed by atoms with Gasteiger partial charge in [-0.3, -0.25) is 4.79 Å². The summed E-state index contributed by atoms with van der Waals surface area (Å²) >= 11 is 0. The van der Waals surface area contributed by atoms with Crippen LogP contribution in [0.3, 0.4) is 0 Å². The summed E-state index contributed by atoms with van der Waals surface area (Å²) in [5.41, 5.74) is 9.64. The van der Waals surface area contributed by atoms with Gasteiger partial charge in [0.15, 0.2) is 0 Å². The highest BCUT2D eigenvalue weighted by molar-refractivity contribution is 5.82. The van der Waals surface area contributed by atoms with Crippen molar-refractivity contribution in [3.05, 3.63) is 34.9 Å². The average molecular weight is 276 g/mol. The van der Waals surface area contributed by atoms with Crippen molar-refractivity contribution in [2.45, 2.75) is 38.8 Å². The summed E-state index contributed by atoms with van der Waals surface area (Å²) < 4.78 is 4.99. The number of likely N-dealkylation sites (tertiary alicyclic amines) is 1. The lowest BCUT2D eigenvalue weighted by Gasteiger charge is -2.28. The van der Waals surface area contributed by atoms with Crippen LogP contribution in [0.5, 0.6) is 0 Å². The summed E-state index contributed by atoms with van der Waals surface area (Å²) in [4.78, 5) is 14.3. The molecule has 2 atom stereocenters. The van der Waals surface area contributed by atoms with Crippen LogP contribution in [0.25, 0.3) is 0 Å². The largest absolute Gasteiger partial charge is 0.383 e. The molecule has 4 heteroatoms. The third-order valence-corrected chi connectivity index (χ3v) is 4.12. The average Bonchev–Trinajstić information content (AvgIpc) is 2.90. The summed E-state index contributed by atoms with van der Waals surface area (Å²) in [5.74, 6) is -0.00687. The Kier molecular flexibility index (Phi) is 4.78. The number of methoxy groups -OCH3 is 1. The van der Waals surface area contributed by atoms with E-state index >= 15 is 0 Å². The van der Waals surface area contributed by atoms with Crippen LogP contribution in [0.15, 0.2) is 18.2 Å². The summed E-state index contributed by atoms with van der Waals surface area (Å²) in [5, 5.41) is 0. The first-order chi connectivity index (χ1) is 9.54. The Hall–Kier alpha value is -1.39. The molecule has 0 aliphatic carbocycles. The minimum atomic E-state index is -0.563. The molecule has 1 heterocycles. The molecule has 2 N–H and O–H groups in total. The summed E-state index contributed by atoms with van der Waals surface area (Å²) in [7, 11) is 1.57. The minimum absolute atomic E-state index is 0.00687. The zero-order valence-corrected chi connectivity index (χ0v) is 12.6. The van der Waals surface area contributed by atoms with Crippen molar-refractivity contribution >= 4 is 5.91 Å². The van der Waals surface area contributed by atoms with Gasteiger partial charge in [-0.25, -0.2) is 0 Å². The van der Waals surface area contributed by atoms with E-state index in [9.17, 15) is 4.79 Å². The van der Waals surface area contributed by atoms with Crippen LogP contribution in [-0.4, -0.2) is 37.1 Å². The molecule has 2 unspecified atom stereocenters. The number of nitrogens with two attached hydrogens (primary N) is 1. The predicted octanol–water partition coefficient (Wildman–Crippen LogP) is 1.94. The van der Waals surface area contributed by atoms with Crippen LogP contribution in [0, 0.1) is 13.8 Å². The maximum absolute atomic E-state index is 12.4. The number of ether oxygens (including phenoxy) is 1. The highest BCUT2D eigenvalue weighted by Crippen LogP contribution is 2.33. The Morgan fingerprint density at radius 2 is 2.20 bits per heavy atom. The van der Waals surface area contributed by atoms with Crippen LogP contribution in [-0.2, 0) is 9.53 Å². The second kappa shape index (κ2) is 6.37. The molecule has 2 rings (SSSR count). The molecule has 4 nitrogen and oxygen atoms in total. The smallest absolute Gasteiger partial charge is 0.242 e.